The van der Waals surface area contributed by atoms with Crippen molar-refractivity contribution in [2.24, 2.45) is 5.73 Å². The average molecular weight is 305 g/mol. The molecule has 0 aliphatic carbocycles. The van der Waals surface area contributed by atoms with Gasteiger partial charge in [0.25, 0.3) is 0 Å². The smallest absolute Gasteiger partial charge is 0.244 e. The summed E-state index contributed by atoms with van der Waals surface area (Å²) in [6, 6.07) is 4.61. The highest BCUT2D eigenvalue weighted by Crippen LogP contribution is 2.27. The monoisotopic (exact) mass is 304 g/mol. The predicted molar refractivity (Wildman–Crippen MR) is 73.5 cm³/mol. The fourth-order valence-electron chi connectivity index (χ4n) is 2.08. The van der Waals surface area contributed by atoms with Crippen LogP contribution in [0.1, 0.15) is 12.5 Å². The van der Waals surface area contributed by atoms with Gasteiger partial charge in [-0.25, -0.2) is 8.42 Å². The van der Waals surface area contributed by atoms with Gasteiger partial charge in [0.2, 0.25) is 10.0 Å². The fourth-order valence-corrected chi connectivity index (χ4v) is 4.22. The second kappa shape index (κ2) is 5.76. The van der Waals surface area contributed by atoms with Crippen molar-refractivity contribution in [3.63, 3.8) is 0 Å². The van der Waals surface area contributed by atoms with Gasteiger partial charge in [-0.3, -0.25) is 0 Å². The van der Waals surface area contributed by atoms with Gasteiger partial charge in [-0.05, 0) is 24.6 Å². The predicted octanol–water partition coefficient (Wildman–Crippen LogP) is 1.21. The van der Waals surface area contributed by atoms with Crippen molar-refractivity contribution in [1.29, 1.82) is 0 Å². The summed E-state index contributed by atoms with van der Waals surface area (Å²) in [7, 11) is -3.59. The van der Waals surface area contributed by atoms with Gasteiger partial charge < -0.3 is 10.5 Å². The zero-order valence-corrected chi connectivity index (χ0v) is 12.2. The third kappa shape index (κ3) is 2.93. The maximum absolute atomic E-state index is 12.6. The van der Waals surface area contributed by atoms with E-state index in [0.717, 1.165) is 5.56 Å². The quantitative estimate of drug-likeness (QED) is 0.911. The minimum absolute atomic E-state index is 0.125. The number of halogens is 1. The minimum atomic E-state index is -3.59. The number of benzene rings is 1. The van der Waals surface area contributed by atoms with Crippen LogP contribution in [0, 0.1) is 0 Å². The molecule has 106 valence electrons. The molecular formula is C12H17ClN2O3S. The zero-order chi connectivity index (χ0) is 14.0. The lowest BCUT2D eigenvalue weighted by Gasteiger charge is -2.32. The van der Waals surface area contributed by atoms with Crippen LogP contribution < -0.4 is 5.73 Å². The van der Waals surface area contributed by atoms with E-state index in [2.05, 4.69) is 0 Å². The molecule has 1 saturated heterocycles. The normalized spacial score (nSPS) is 21.5. The molecule has 2 N–H and O–H groups in total. The summed E-state index contributed by atoms with van der Waals surface area (Å²) in [5.74, 6) is 0. The van der Waals surface area contributed by atoms with Gasteiger partial charge in [0, 0.05) is 19.1 Å². The highest BCUT2D eigenvalue weighted by Gasteiger charge is 2.32. The molecule has 1 aliphatic heterocycles. The molecule has 1 heterocycles. The van der Waals surface area contributed by atoms with Crippen molar-refractivity contribution < 1.29 is 13.2 Å². The molecule has 7 heteroatoms. The molecule has 0 radical (unpaired) electrons. The van der Waals surface area contributed by atoms with Gasteiger partial charge in [0.15, 0.2) is 0 Å². The largest absolute Gasteiger partial charge is 0.378 e. The van der Waals surface area contributed by atoms with Crippen molar-refractivity contribution in [3.8, 4) is 0 Å². The molecule has 0 aromatic heterocycles. The van der Waals surface area contributed by atoms with E-state index in [-0.39, 0.29) is 16.0 Å². The van der Waals surface area contributed by atoms with Crippen LogP contribution in [0.5, 0.6) is 0 Å². The summed E-state index contributed by atoms with van der Waals surface area (Å²) < 4.78 is 31.8. The molecule has 0 bridgehead atoms. The second-order valence-electron chi connectivity index (χ2n) is 4.51. The van der Waals surface area contributed by atoms with Crippen LogP contribution in [0.3, 0.4) is 0 Å². The van der Waals surface area contributed by atoms with E-state index >= 15 is 0 Å². The third-order valence-electron chi connectivity index (χ3n) is 3.13. The maximum atomic E-state index is 12.6. The number of ether oxygens (including phenoxy) is 1. The van der Waals surface area contributed by atoms with Crippen LogP contribution in [0.25, 0.3) is 0 Å². The molecule has 5 nitrogen and oxygen atoms in total. The van der Waals surface area contributed by atoms with Crippen molar-refractivity contribution in [2.75, 3.05) is 19.8 Å². The molecule has 0 saturated carbocycles. The van der Waals surface area contributed by atoms with E-state index in [1.54, 1.807) is 12.1 Å². The van der Waals surface area contributed by atoms with E-state index < -0.39 is 10.0 Å². The first kappa shape index (κ1) is 14.7. The summed E-state index contributed by atoms with van der Waals surface area (Å²) in [6.45, 7) is 3.30. The summed E-state index contributed by atoms with van der Waals surface area (Å²) in [5.41, 5.74) is 6.31. The van der Waals surface area contributed by atoms with E-state index in [0.29, 0.717) is 26.3 Å². The second-order valence-corrected chi connectivity index (χ2v) is 6.77. The first-order valence-corrected chi connectivity index (χ1v) is 7.86. The highest BCUT2D eigenvalue weighted by atomic mass is 35.5. The first-order valence-electron chi connectivity index (χ1n) is 6.05. The van der Waals surface area contributed by atoms with Gasteiger partial charge >= 0.3 is 0 Å². The Kier molecular flexibility index (Phi) is 4.47. The molecule has 1 atom stereocenters. The van der Waals surface area contributed by atoms with E-state index in [1.165, 1.54) is 10.4 Å². The number of sulfonamides is 1. The Labute approximate surface area is 118 Å². The summed E-state index contributed by atoms with van der Waals surface area (Å²) in [6.07, 6.45) is 0. The lowest BCUT2D eigenvalue weighted by atomic mass is 10.2. The van der Waals surface area contributed by atoms with E-state index in [4.69, 9.17) is 22.1 Å². The summed E-state index contributed by atoms with van der Waals surface area (Å²) in [5, 5.41) is 0.210. The van der Waals surface area contributed by atoms with Crippen LogP contribution in [-0.2, 0) is 21.3 Å². The molecule has 1 fully saturated rings. The van der Waals surface area contributed by atoms with Crippen LogP contribution in [0.15, 0.2) is 23.1 Å². The van der Waals surface area contributed by atoms with Crippen LogP contribution in [0.2, 0.25) is 5.02 Å². The van der Waals surface area contributed by atoms with Gasteiger partial charge in [-0.2, -0.15) is 4.31 Å². The molecule has 19 heavy (non-hydrogen) atoms. The summed E-state index contributed by atoms with van der Waals surface area (Å²) >= 11 is 6.07. The fraction of sp³-hybridized carbons (Fsp3) is 0.500. The Balaban J connectivity index is 2.38. The van der Waals surface area contributed by atoms with E-state index in [9.17, 15) is 8.42 Å². The van der Waals surface area contributed by atoms with Gasteiger partial charge in [0.05, 0.1) is 18.2 Å². The molecule has 2 rings (SSSR count). The van der Waals surface area contributed by atoms with Gasteiger partial charge in [-0.1, -0.05) is 17.7 Å². The Morgan fingerprint density at radius 2 is 2.26 bits per heavy atom. The van der Waals surface area contributed by atoms with Crippen LogP contribution in [0.4, 0.5) is 0 Å². The Morgan fingerprint density at radius 3 is 2.84 bits per heavy atom. The zero-order valence-electron chi connectivity index (χ0n) is 10.7. The molecule has 0 spiro atoms. The maximum Gasteiger partial charge on any atom is 0.244 e. The number of nitrogens with two attached hydrogens (primary N) is 1. The number of hydrogen-bond donors (Lipinski definition) is 1. The lowest BCUT2D eigenvalue weighted by Crippen LogP contribution is -2.47. The summed E-state index contributed by atoms with van der Waals surface area (Å²) in [4.78, 5) is 0.125. The van der Waals surface area contributed by atoms with Gasteiger partial charge in [-0.15, -0.1) is 0 Å². The molecule has 1 unspecified atom stereocenters. The van der Waals surface area contributed by atoms with Crippen molar-refractivity contribution >= 4 is 21.6 Å². The average Bonchev–Trinajstić information content (AvgIpc) is 2.38. The lowest BCUT2D eigenvalue weighted by molar-refractivity contribution is 0.0393. The third-order valence-corrected chi connectivity index (χ3v) is 5.62. The SMILES string of the molecule is CC1COCCN1S(=O)(=O)c1ccc(CN)cc1Cl. The van der Waals surface area contributed by atoms with Crippen molar-refractivity contribution in [3.05, 3.63) is 28.8 Å². The molecular weight excluding hydrogens is 288 g/mol. The van der Waals surface area contributed by atoms with E-state index in [1.807, 2.05) is 6.92 Å². The van der Waals surface area contributed by atoms with Gasteiger partial charge in [0.1, 0.15) is 4.90 Å². The molecule has 1 aliphatic rings. The number of rotatable bonds is 3. The number of hydrogen-bond acceptors (Lipinski definition) is 4. The Hall–Kier alpha value is -0.660. The molecule has 1 aromatic rings. The highest BCUT2D eigenvalue weighted by molar-refractivity contribution is 7.89. The van der Waals surface area contributed by atoms with Crippen molar-refractivity contribution in [1.82, 2.24) is 4.31 Å². The minimum Gasteiger partial charge on any atom is -0.378 e. The number of nitrogens with zero attached hydrogens (tertiary/aromatic N) is 1. The standard InChI is InChI=1S/C12H17ClN2O3S/c1-9-8-18-5-4-15(9)19(16,17)12-3-2-10(7-14)6-11(12)13/h2-3,6,9H,4-5,7-8,14H2,1H3. The van der Waals surface area contributed by atoms with Crippen molar-refractivity contribution in [2.45, 2.75) is 24.4 Å². The Bertz CT molecular complexity index is 562. The van der Waals surface area contributed by atoms with Crippen LogP contribution in [-0.4, -0.2) is 38.5 Å². The molecule has 1 aromatic carbocycles. The first-order chi connectivity index (χ1) is 8.96. The van der Waals surface area contributed by atoms with Crippen LogP contribution >= 0.6 is 11.6 Å². The number of morpholine rings is 1. The topological polar surface area (TPSA) is 72.6 Å². The molecule has 0 amide bonds. The Morgan fingerprint density at radius 1 is 1.53 bits per heavy atom.